The molecule has 1 aliphatic rings. The van der Waals surface area contributed by atoms with E-state index in [0.29, 0.717) is 31.5 Å². The SMILES string of the molecule is CCOC(c1ccccc1)c1noc(C2COCCN2)n1. The maximum atomic E-state index is 5.78. The Balaban J connectivity index is 1.81. The fourth-order valence-corrected chi connectivity index (χ4v) is 2.33. The molecule has 0 radical (unpaired) electrons. The van der Waals surface area contributed by atoms with Gasteiger partial charge in [-0.2, -0.15) is 4.98 Å². The lowest BCUT2D eigenvalue weighted by Gasteiger charge is -2.20. The average molecular weight is 289 g/mol. The van der Waals surface area contributed by atoms with Crippen molar-refractivity contribution in [3.05, 3.63) is 47.6 Å². The number of aromatic nitrogens is 2. The average Bonchev–Trinajstić information content (AvgIpc) is 3.04. The lowest BCUT2D eigenvalue weighted by Crippen LogP contribution is -2.34. The van der Waals surface area contributed by atoms with Crippen molar-refractivity contribution in [2.24, 2.45) is 0 Å². The van der Waals surface area contributed by atoms with Crippen LogP contribution < -0.4 is 5.32 Å². The van der Waals surface area contributed by atoms with Gasteiger partial charge in [0.25, 0.3) is 0 Å². The normalized spacial score (nSPS) is 20.3. The second-order valence-corrected chi connectivity index (χ2v) is 4.82. The van der Waals surface area contributed by atoms with E-state index in [-0.39, 0.29) is 12.1 Å². The Hall–Kier alpha value is -1.76. The number of nitrogens with one attached hydrogen (secondary N) is 1. The topological polar surface area (TPSA) is 69.4 Å². The molecule has 21 heavy (non-hydrogen) atoms. The van der Waals surface area contributed by atoms with Crippen LogP contribution in [0.4, 0.5) is 0 Å². The zero-order valence-corrected chi connectivity index (χ0v) is 12.0. The summed E-state index contributed by atoms with van der Waals surface area (Å²) >= 11 is 0. The Kier molecular flexibility index (Phi) is 4.59. The van der Waals surface area contributed by atoms with Crippen LogP contribution in [0.3, 0.4) is 0 Å². The Morgan fingerprint density at radius 1 is 1.38 bits per heavy atom. The van der Waals surface area contributed by atoms with Gasteiger partial charge in [-0.05, 0) is 12.5 Å². The van der Waals surface area contributed by atoms with E-state index in [1.807, 2.05) is 37.3 Å². The minimum absolute atomic E-state index is 0.0435. The third kappa shape index (κ3) is 3.29. The summed E-state index contributed by atoms with van der Waals surface area (Å²) in [5.74, 6) is 1.09. The molecule has 2 atom stereocenters. The van der Waals surface area contributed by atoms with Crippen LogP contribution in [0.2, 0.25) is 0 Å². The highest BCUT2D eigenvalue weighted by molar-refractivity contribution is 5.22. The van der Waals surface area contributed by atoms with Gasteiger partial charge in [0.15, 0.2) is 0 Å². The third-order valence-electron chi connectivity index (χ3n) is 3.35. The first-order chi connectivity index (χ1) is 10.4. The zero-order valence-electron chi connectivity index (χ0n) is 12.0. The lowest BCUT2D eigenvalue weighted by molar-refractivity contribution is 0.0658. The molecule has 0 saturated carbocycles. The standard InChI is InChI=1S/C15H19N3O3/c1-2-20-13(11-6-4-3-5-7-11)14-17-15(21-18-14)12-10-19-9-8-16-12/h3-7,12-13,16H,2,8-10H2,1H3. The first-order valence-corrected chi connectivity index (χ1v) is 7.19. The first-order valence-electron chi connectivity index (χ1n) is 7.19. The van der Waals surface area contributed by atoms with Gasteiger partial charge in [-0.15, -0.1) is 0 Å². The molecular weight excluding hydrogens is 270 g/mol. The number of hydrogen-bond donors (Lipinski definition) is 1. The monoisotopic (exact) mass is 289 g/mol. The molecule has 1 aliphatic heterocycles. The number of morpholine rings is 1. The molecular formula is C15H19N3O3. The number of benzene rings is 1. The summed E-state index contributed by atoms with van der Waals surface area (Å²) in [6.07, 6.45) is -0.307. The molecule has 0 bridgehead atoms. The zero-order chi connectivity index (χ0) is 14.5. The first kappa shape index (κ1) is 14.2. The third-order valence-corrected chi connectivity index (χ3v) is 3.35. The number of rotatable bonds is 5. The van der Waals surface area contributed by atoms with E-state index in [4.69, 9.17) is 14.0 Å². The van der Waals surface area contributed by atoms with Crippen molar-refractivity contribution in [3.63, 3.8) is 0 Å². The van der Waals surface area contributed by atoms with Gasteiger partial charge in [0, 0.05) is 13.2 Å². The Morgan fingerprint density at radius 3 is 2.95 bits per heavy atom. The molecule has 1 saturated heterocycles. The summed E-state index contributed by atoms with van der Waals surface area (Å²) in [6.45, 7) is 4.58. The Labute approximate surface area is 123 Å². The van der Waals surface area contributed by atoms with E-state index >= 15 is 0 Å². The van der Waals surface area contributed by atoms with E-state index in [9.17, 15) is 0 Å². The van der Waals surface area contributed by atoms with Crippen molar-refractivity contribution >= 4 is 0 Å². The van der Waals surface area contributed by atoms with Crippen LogP contribution in [0.1, 0.15) is 36.3 Å². The molecule has 2 heterocycles. The summed E-state index contributed by atoms with van der Waals surface area (Å²) in [5.41, 5.74) is 1.01. The van der Waals surface area contributed by atoms with Crippen LogP contribution in [-0.2, 0) is 9.47 Å². The smallest absolute Gasteiger partial charge is 0.246 e. The molecule has 0 amide bonds. The minimum Gasteiger partial charge on any atom is -0.378 e. The predicted molar refractivity (Wildman–Crippen MR) is 75.8 cm³/mol. The van der Waals surface area contributed by atoms with Crippen LogP contribution in [0.15, 0.2) is 34.9 Å². The molecule has 6 nitrogen and oxygen atoms in total. The van der Waals surface area contributed by atoms with Crippen molar-refractivity contribution < 1.29 is 14.0 Å². The van der Waals surface area contributed by atoms with Gasteiger partial charge in [-0.1, -0.05) is 35.5 Å². The predicted octanol–water partition coefficient (Wildman–Crippen LogP) is 1.86. The molecule has 1 aromatic heterocycles. The summed E-state index contributed by atoms with van der Waals surface area (Å²) in [4.78, 5) is 4.48. The summed E-state index contributed by atoms with van der Waals surface area (Å²) in [5, 5.41) is 7.38. The number of ether oxygens (including phenoxy) is 2. The highest BCUT2D eigenvalue weighted by Gasteiger charge is 2.25. The van der Waals surface area contributed by atoms with Crippen molar-refractivity contribution in [2.75, 3.05) is 26.4 Å². The quantitative estimate of drug-likeness (QED) is 0.906. The number of nitrogens with zero attached hydrogens (tertiary/aromatic N) is 2. The molecule has 1 aromatic carbocycles. The van der Waals surface area contributed by atoms with Gasteiger partial charge >= 0.3 is 0 Å². The summed E-state index contributed by atoms with van der Waals surface area (Å²) in [6, 6.07) is 9.87. The molecule has 2 unspecified atom stereocenters. The van der Waals surface area contributed by atoms with Gasteiger partial charge in [0.1, 0.15) is 12.1 Å². The van der Waals surface area contributed by atoms with E-state index < -0.39 is 0 Å². The van der Waals surface area contributed by atoms with E-state index in [1.54, 1.807) is 0 Å². The highest BCUT2D eigenvalue weighted by atomic mass is 16.5. The summed E-state index contributed by atoms with van der Waals surface area (Å²) < 4.78 is 16.6. The van der Waals surface area contributed by atoms with Crippen LogP contribution in [0.25, 0.3) is 0 Å². The Morgan fingerprint density at radius 2 is 2.24 bits per heavy atom. The molecule has 0 spiro atoms. The van der Waals surface area contributed by atoms with Crippen molar-refractivity contribution in [3.8, 4) is 0 Å². The molecule has 112 valence electrons. The van der Waals surface area contributed by atoms with Gasteiger partial charge in [0.05, 0.1) is 13.2 Å². The maximum absolute atomic E-state index is 5.78. The second-order valence-electron chi connectivity index (χ2n) is 4.82. The van der Waals surface area contributed by atoms with Crippen LogP contribution >= 0.6 is 0 Å². The van der Waals surface area contributed by atoms with Gasteiger partial charge in [0.2, 0.25) is 11.7 Å². The molecule has 0 aliphatic carbocycles. The van der Waals surface area contributed by atoms with Crippen molar-refractivity contribution in [1.82, 2.24) is 15.5 Å². The van der Waals surface area contributed by atoms with Gasteiger partial charge in [-0.25, -0.2) is 0 Å². The number of hydrogen-bond acceptors (Lipinski definition) is 6. The second kappa shape index (κ2) is 6.80. The molecule has 6 heteroatoms. The Bertz CT molecular complexity index is 552. The fourth-order valence-electron chi connectivity index (χ4n) is 2.33. The van der Waals surface area contributed by atoms with Gasteiger partial charge in [-0.3, -0.25) is 0 Å². The van der Waals surface area contributed by atoms with Crippen LogP contribution in [0.5, 0.6) is 0 Å². The van der Waals surface area contributed by atoms with Crippen LogP contribution in [0, 0.1) is 0 Å². The summed E-state index contributed by atoms with van der Waals surface area (Å²) in [7, 11) is 0. The van der Waals surface area contributed by atoms with Crippen molar-refractivity contribution in [2.45, 2.75) is 19.1 Å². The van der Waals surface area contributed by atoms with Gasteiger partial charge < -0.3 is 19.3 Å². The van der Waals surface area contributed by atoms with E-state index in [1.165, 1.54) is 0 Å². The minimum atomic E-state index is -0.307. The highest BCUT2D eigenvalue weighted by Crippen LogP contribution is 2.25. The molecule has 1 fully saturated rings. The van der Waals surface area contributed by atoms with Crippen LogP contribution in [-0.4, -0.2) is 36.5 Å². The maximum Gasteiger partial charge on any atom is 0.246 e. The largest absolute Gasteiger partial charge is 0.378 e. The molecule has 2 aromatic rings. The van der Waals surface area contributed by atoms with E-state index in [0.717, 1.165) is 12.1 Å². The fraction of sp³-hybridized carbons (Fsp3) is 0.467. The molecule has 1 N–H and O–H groups in total. The van der Waals surface area contributed by atoms with E-state index in [2.05, 4.69) is 15.5 Å². The molecule has 3 rings (SSSR count). The van der Waals surface area contributed by atoms with Crippen molar-refractivity contribution in [1.29, 1.82) is 0 Å². The lowest BCUT2D eigenvalue weighted by atomic mass is 10.1.